The summed E-state index contributed by atoms with van der Waals surface area (Å²) in [7, 11) is 3.90. The van der Waals surface area contributed by atoms with Crippen molar-refractivity contribution in [3.63, 3.8) is 0 Å². The minimum absolute atomic E-state index is 0.0746. The summed E-state index contributed by atoms with van der Waals surface area (Å²) in [6.45, 7) is 0.721. The maximum atomic E-state index is 14.1. The summed E-state index contributed by atoms with van der Waals surface area (Å²) in [5, 5.41) is 16.2. The van der Waals surface area contributed by atoms with E-state index in [1.54, 1.807) is 30.3 Å². The van der Waals surface area contributed by atoms with Crippen molar-refractivity contribution in [2.45, 2.75) is 12.5 Å². The number of aromatic nitrogens is 2. The Morgan fingerprint density at radius 3 is 2.51 bits per heavy atom. The number of nitrogens with zero attached hydrogens (tertiary/aromatic N) is 3. The van der Waals surface area contributed by atoms with Crippen LogP contribution in [0.3, 0.4) is 0 Å². The predicted octanol–water partition coefficient (Wildman–Crippen LogP) is 4.96. The maximum Gasteiger partial charge on any atom is 0.337 e. The summed E-state index contributed by atoms with van der Waals surface area (Å²) in [4.78, 5) is 34.8. The van der Waals surface area contributed by atoms with Crippen LogP contribution in [0.4, 0.5) is 20.3 Å². The van der Waals surface area contributed by atoms with Gasteiger partial charge < -0.3 is 20.6 Å². The highest BCUT2D eigenvalue weighted by Gasteiger charge is 2.18. The van der Waals surface area contributed by atoms with Gasteiger partial charge in [0.25, 0.3) is 5.91 Å². The molecule has 0 saturated heterocycles. The number of amides is 1. The average molecular weight is 506 g/mol. The minimum Gasteiger partial charge on any atom is -0.478 e. The molecule has 3 N–H and O–H groups in total. The summed E-state index contributed by atoms with van der Waals surface area (Å²) in [6.07, 6.45) is 1.97. The molecular weight excluding hydrogens is 480 g/mol. The van der Waals surface area contributed by atoms with Gasteiger partial charge >= 0.3 is 5.97 Å². The van der Waals surface area contributed by atoms with Crippen LogP contribution >= 0.6 is 0 Å². The molecule has 1 heterocycles. The van der Waals surface area contributed by atoms with Gasteiger partial charge in [0, 0.05) is 17.1 Å². The second-order valence-corrected chi connectivity index (χ2v) is 8.72. The number of hydrogen-bond acceptors (Lipinski definition) is 6. The molecule has 4 rings (SSSR count). The number of fused-ring (bicyclic) bond motifs is 1. The van der Waals surface area contributed by atoms with Gasteiger partial charge in [0.05, 0.1) is 22.7 Å². The molecule has 0 aliphatic rings. The van der Waals surface area contributed by atoms with Gasteiger partial charge in [-0.3, -0.25) is 4.79 Å². The first-order valence-corrected chi connectivity index (χ1v) is 11.5. The van der Waals surface area contributed by atoms with E-state index in [-0.39, 0.29) is 17.2 Å². The number of benzene rings is 3. The zero-order chi connectivity index (χ0) is 26.5. The van der Waals surface area contributed by atoms with Crippen LogP contribution in [0.1, 0.15) is 38.7 Å². The van der Waals surface area contributed by atoms with Crippen molar-refractivity contribution in [3.05, 3.63) is 95.3 Å². The van der Waals surface area contributed by atoms with Crippen LogP contribution in [-0.2, 0) is 0 Å². The van der Waals surface area contributed by atoms with Gasteiger partial charge in [-0.25, -0.2) is 23.5 Å². The Kier molecular flexibility index (Phi) is 7.69. The van der Waals surface area contributed by atoms with Crippen LogP contribution in [0, 0.1) is 11.6 Å². The van der Waals surface area contributed by atoms with Crippen molar-refractivity contribution < 1.29 is 23.5 Å². The van der Waals surface area contributed by atoms with Crippen molar-refractivity contribution in [1.82, 2.24) is 14.9 Å². The normalized spacial score (nSPS) is 11.9. The number of carboxylic acids is 1. The van der Waals surface area contributed by atoms with Gasteiger partial charge in [0.15, 0.2) is 0 Å². The zero-order valence-electron chi connectivity index (χ0n) is 20.2. The largest absolute Gasteiger partial charge is 0.478 e. The van der Waals surface area contributed by atoms with Crippen LogP contribution in [0.25, 0.3) is 10.9 Å². The number of halogens is 2. The van der Waals surface area contributed by atoms with E-state index >= 15 is 0 Å². The SMILES string of the molecule is CN(C)CCC(Nc1ncnc2c(C(=O)O)cccc12)c1cccc(NC(=O)c2ccc(F)cc2F)c1. The van der Waals surface area contributed by atoms with Crippen LogP contribution in [0.15, 0.2) is 67.0 Å². The Morgan fingerprint density at radius 1 is 1.00 bits per heavy atom. The molecule has 10 heteroatoms. The summed E-state index contributed by atoms with van der Waals surface area (Å²) in [5.41, 5.74) is 1.38. The van der Waals surface area contributed by atoms with Crippen LogP contribution in [0.2, 0.25) is 0 Å². The molecular formula is C27H25F2N5O3. The highest BCUT2D eigenvalue weighted by molar-refractivity contribution is 6.05. The Hall–Kier alpha value is -4.44. The van der Waals surface area contributed by atoms with Crippen molar-refractivity contribution in [2.75, 3.05) is 31.3 Å². The number of nitrogens with one attached hydrogen (secondary N) is 2. The molecule has 0 aliphatic heterocycles. The van der Waals surface area contributed by atoms with Crippen molar-refractivity contribution >= 4 is 34.3 Å². The van der Waals surface area contributed by atoms with Gasteiger partial charge in [-0.05, 0) is 69.0 Å². The van der Waals surface area contributed by atoms with Gasteiger partial charge in [-0.1, -0.05) is 18.2 Å². The lowest BCUT2D eigenvalue weighted by Gasteiger charge is -2.23. The van der Waals surface area contributed by atoms with Gasteiger partial charge in [0.2, 0.25) is 0 Å². The second kappa shape index (κ2) is 11.1. The molecule has 37 heavy (non-hydrogen) atoms. The third kappa shape index (κ3) is 6.04. The Morgan fingerprint density at radius 2 is 1.78 bits per heavy atom. The van der Waals surface area contributed by atoms with Gasteiger partial charge in [-0.2, -0.15) is 0 Å². The zero-order valence-corrected chi connectivity index (χ0v) is 20.2. The molecule has 0 radical (unpaired) electrons. The Bertz CT molecular complexity index is 1460. The lowest BCUT2D eigenvalue weighted by molar-refractivity contribution is 0.0698. The molecule has 1 amide bonds. The van der Waals surface area contributed by atoms with E-state index in [0.29, 0.717) is 34.9 Å². The molecule has 8 nitrogen and oxygen atoms in total. The third-order valence-electron chi connectivity index (χ3n) is 5.79. The third-order valence-corrected chi connectivity index (χ3v) is 5.79. The predicted molar refractivity (Wildman–Crippen MR) is 137 cm³/mol. The molecule has 3 aromatic carbocycles. The van der Waals surface area contributed by atoms with Crippen LogP contribution < -0.4 is 10.6 Å². The van der Waals surface area contributed by atoms with E-state index in [0.717, 1.165) is 24.2 Å². The molecule has 0 saturated carbocycles. The van der Waals surface area contributed by atoms with Gasteiger partial charge in [-0.15, -0.1) is 0 Å². The number of carboxylic acid groups (broad SMARTS) is 1. The summed E-state index contributed by atoms with van der Waals surface area (Å²) in [5.74, 6) is -3.02. The number of para-hydroxylation sites is 1. The number of anilines is 2. The number of carbonyl (C=O) groups excluding carboxylic acids is 1. The fourth-order valence-electron chi connectivity index (χ4n) is 3.95. The summed E-state index contributed by atoms with van der Waals surface area (Å²) >= 11 is 0. The fraction of sp³-hybridized carbons (Fsp3) is 0.185. The van der Waals surface area contributed by atoms with E-state index in [9.17, 15) is 23.5 Å². The van der Waals surface area contributed by atoms with Gasteiger partial charge in [0.1, 0.15) is 23.8 Å². The Labute approximate surface area is 212 Å². The fourth-order valence-corrected chi connectivity index (χ4v) is 3.95. The van der Waals surface area contributed by atoms with Crippen LogP contribution in [0.5, 0.6) is 0 Å². The monoisotopic (exact) mass is 505 g/mol. The molecule has 4 aromatic rings. The highest BCUT2D eigenvalue weighted by Crippen LogP contribution is 2.29. The van der Waals surface area contributed by atoms with E-state index < -0.39 is 23.5 Å². The summed E-state index contributed by atoms with van der Waals surface area (Å²) < 4.78 is 27.3. The smallest absolute Gasteiger partial charge is 0.337 e. The van der Waals surface area contributed by atoms with Crippen molar-refractivity contribution in [3.8, 4) is 0 Å². The van der Waals surface area contributed by atoms with E-state index in [2.05, 4.69) is 20.6 Å². The molecule has 1 atom stereocenters. The maximum absolute atomic E-state index is 14.1. The molecule has 0 aliphatic carbocycles. The molecule has 190 valence electrons. The molecule has 1 unspecified atom stereocenters. The molecule has 0 fully saturated rings. The summed E-state index contributed by atoms with van der Waals surface area (Å²) in [6, 6.07) is 14.5. The van der Waals surface area contributed by atoms with Crippen LogP contribution in [-0.4, -0.2) is 52.5 Å². The first-order valence-electron chi connectivity index (χ1n) is 11.5. The molecule has 0 spiro atoms. The molecule has 0 bridgehead atoms. The highest BCUT2D eigenvalue weighted by atomic mass is 19.1. The van der Waals surface area contributed by atoms with Crippen molar-refractivity contribution in [1.29, 1.82) is 0 Å². The van der Waals surface area contributed by atoms with E-state index in [1.165, 1.54) is 12.4 Å². The first kappa shape index (κ1) is 25.6. The lowest BCUT2D eigenvalue weighted by atomic mass is 10.0. The lowest BCUT2D eigenvalue weighted by Crippen LogP contribution is -2.21. The minimum atomic E-state index is -1.08. The number of aromatic carboxylic acids is 1. The number of hydrogen-bond donors (Lipinski definition) is 3. The second-order valence-electron chi connectivity index (χ2n) is 8.72. The van der Waals surface area contributed by atoms with E-state index in [4.69, 9.17) is 0 Å². The first-order chi connectivity index (χ1) is 17.7. The van der Waals surface area contributed by atoms with Crippen molar-refractivity contribution in [2.24, 2.45) is 0 Å². The molecule has 1 aromatic heterocycles. The van der Waals surface area contributed by atoms with E-state index in [1.807, 2.05) is 25.1 Å². The average Bonchev–Trinajstić information content (AvgIpc) is 2.86. The Balaban J connectivity index is 1.64. The topological polar surface area (TPSA) is 107 Å². The standard InChI is InChI=1S/C27H25F2N5O3/c1-34(2)12-11-23(33-25-20-7-4-8-21(27(36)37)24(20)30-15-31-25)16-5-3-6-18(13-16)32-26(35)19-10-9-17(28)14-22(19)29/h3-10,13-15,23H,11-12H2,1-2H3,(H,32,35)(H,36,37)(H,30,31,33). The number of rotatable bonds is 9. The quantitative estimate of drug-likeness (QED) is 0.295. The number of carbonyl (C=O) groups is 2.